The summed E-state index contributed by atoms with van der Waals surface area (Å²) < 4.78 is 62.2. The highest BCUT2D eigenvalue weighted by molar-refractivity contribution is 6.40. The third kappa shape index (κ3) is 16.9. The molecule has 20 atom stereocenters. The van der Waals surface area contributed by atoms with E-state index >= 15 is 4.79 Å². The molecule has 690 valence electrons. The van der Waals surface area contributed by atoms with Crippen molar-refractivity contribution in [1.29, 1.82) is 0 Å². The highest BCUT2D eigenvalue weighted by Gasteiger charge is 2.75. The van der Waals surface area contributed by atoms with Crippen molar-refractivity contribution in [3.8, 4) is 0 Å². The van der Waals surface area contributed by atoms with Crippen LogP contribution < -0.4 is 22.3 Å². The van der Waals surface area contributed by atoms with E-state index in [1.807, 2.05) is 86.7 Å². The van der Waals surface area contributed by atoms with Crippen LogP contribution in [0.1, 0.15) is 239 Å². The monoisotopic (exact) mass is 1790 g/mol. The number of amides is 2. The fourth-order valence-corrected chi connectivity index (χ4v) is 27.0. The zero-order valence-corrected chi connectivity index (χ0v) is 77.6. The van der Waals surface area contributed by atoms with Crippen LogP contribution >= 0.6 is 23.2 Å². The first-order chi connectivity index (χ1) is 59.6. The van der Waals surface area contributed by atoms with Gasteiger partial charge in [-0.1, -0.05) is 127 Å². The summed E-state index contributed by atoms with van der Waals surface area (Å²) in [7, 11) is 0. The highest BCUT2D eigenvalue weighted by Crippen LogP contribution is 2.78. The number of nitrogens with zero attached hydrogens (tertiary/aromatic N) is 2. The normalized spacial score (nSPS) is 37.5. The predicted octanol–water partition coefficient (Wildman–Crippen LogP) is 16.8. The average Bonchev–Trinajstić information content (AvgIpc) is 0.694. The van der Waals surface area contributed by atoms with E-state index < -0.39 is 121 Å². The van der Waals surface area contributed by atoms with Gasteiger partial charge in [-0.05, 0) is 247 Å². The number of carboxylic acids is 1. The van der Waals surface area contributed by atoms with Crippen LogP contribution in [0.15, 0.2) is 111 Å². The Morgan fingerprint density at radius 1 is 0.484 bits per heavy atom. The number of rotatable bonds is 19. The van der Waals surface area contributed by atoms with Crippen LogP contribution in [-0.2, 0) is 75.1 Å². The topological polar surface area (TPSA) is 339 Å². The number of benzene rings is 2. The van der Waals surface area contributed by atoms with Crippen molar-refractivity contribution in [2.75, 3.05) is 84.1 Å². The molecule has 2 aromatic carbocycles. The van der Waals surface area contributed by atoms with Crippen molar-refractivity contribution in [1.82, 2.24) is 20.4 Å². The number of hydrogen-bond acceptors (Lipinski definition) is 23. The van der Waals surface area contributed by atoms with E-state index in [-0.39, 0.29) is 98.5 Å². The molecule has 3 N–H and O–H groups in total. The molecule has 2 amide bonds. The van der Waals surface area contributed by atoms with Gasteiger partial charge in [0, 0.05) is 64.2 Å². The number of aryl methyl sites for hydroxylation is 2. The largest absolute Gasteiger partial charge is 0.519 e. The van der Waals surface area contributed by atoms with Gasteiger partial charge < -0.3 is 66.6 Å². The number of hydrogen-bond donors (Lipinski definition) is 3. The van der Waals surface area contributed by atoms with E-state index in [1.165, 1.54) is 0 Å². The van der Waals surface area contributed by atoms with Gasteiger partial charge in [0.05, 0.1) is 42.6 Å². The molecule has 26 nitrogen and oxygen atoms in total. The highest BCUT2D eigenvalue weighted by atomic mass is 35.5. The van der Waals surface area contributed by atoms with Crippen LogP contribution in [0.4, 0.5) is 9.59 Å². The fraction of sp³-hybridized carbons (Fsp3) is 0.694. The number of fused-ring (bicyclic) bond motifs is 14. The second-order valence-electron chi connectivity index (χ2n) is 41.7. The van der Waals surface area contributed by atoms with Gasteiger partial charge in [-0.2, -0.15) is 0 Å². The van der Waals surface area contributed by atoms with Crippen molar-refractivity contribution in [3.05, 3.63) is 139 Å². The molecule has 12 aliphatic rings. The van der Waals surface area contributed by atoms with E-state index in [0.717, 1.165) is 87.0 Å². The van der Waals surface area contributed by atoms with E-state index in [9.17, 15) is 48.3 Å². The van der Waals surface area contributed by atoms with Gasteiger partial charge in [-0.3, -0.25) is 38.6 Å². The van der Waals surface area contributed by atoms with Gasteiger partial charge in [0.15, 0.2) is 53.9 Å². The molecule has 0 unspecified atom stereocenters. The Morgan fingerprint density at radius 3 is 1.23 bits per heavy atom. The number of carboxylic acid groups (broad SMARTS) is 1. The van der Waals surface area contributed by atoms with E-state index in [0.29, 0.717) is 130 Å². The summed E-state index contributed by atoms with van der Waals surface area (Å²) in [6, 6.07) is 19.8. The number of ether oxygens (including phenoxy) is 7. The number of ketones is 2. The Kier molecular flexibility index (Phi) is 27.0. The number of esters is 3. The minimum atomic E-state index is -1.35. The summed E-state index contributed by atoms with van der Waals surface area (Å²) in [5, 5.41) is 16.3. The zero-order valence-electron chi connectivity index (χ0n) is 76.1. The summed E-state index contributed by atoms with van der Waals surface area (Å²) in [5.74, 6) is -4.85. The second-order valence-corrected chi connectivity index (χ2v) is 42.5. The van der Waals surface area contributed by atoms with E-state index in [1.54, 1.807) is 20.8 Å². The summed E-state index contributed by atoms with van der Waals surface area (Å²) in [6.07, 6.45) is 12.5. The number of aliphatic carboxylic acids is 1. The molecule has 2 aromatic heterocycles. The van der Waals surface area contributed by atoms with Crippen molar-refractivity contribution in [3.63, 3.8) is 0 Å². The predicted molar refractivity (Wildman–Crippen MR) is 467 cm³/mol. The lowest BCUT2D eigenvalue weighted by Crippen LogP contribution is -2.68. The molecule has 2 aliphatic heterocycles. The maximum atomic E-state index is 15.4. The number of allylic oxidation sites excluding steroid dienone is 4. The quantitative estimate of drug-likeness (QED) is 0.0446. The molecule has 0 bridgehead atoms. The SMILES string of the molecule is Cc1oc(=O)oc1COC(=O)[C@]1(C)[C@@H](OC(=O)NCCN2CCOCC2)CC[C@@]2(C)[C@H]1CC[C@]1(C)[C@@H]2C(=O)C=C2[C@@H]3C[C@@](C)(C(=O)O)CC[C@]3(C)CC[C@]21C.Cc1oc(=O)oc1COC(=O)[C@]1(C)[C@@H](OC(=O)NCCN2CCOCC2)CC[C@@]2(C)[C@H]1CC[C@]1(C)[C@@H]2C(=O)C=C2[C@@H]3C[C@@](C)(C(=O)OC(c4ccccc4)c4ccccc4)CC[C@]3(C)CC[C@]21C.ClCCl. The molecular weight excluding hydrogens is 1660 g/mol. The van der Waals surface area contributed by atoms with Crippen LogP contribution in [0, 0.1) is 114 Å². The van der Waals surface area contributed by atoms with Crippen molar-refractivity contribution >= 4 is 70.8 Å². The maximum absolute atomic E-state index is 15.4. The number of nitrogens with one attached hydrogen (secondary N) is 2. The summed E-state index contributed by atoms with van der Waals surface area (Å²) in [6.45, 7) is 36.0. The van der Waals surface area contributed by atoms with Gasteiger partial charge >= 0.3 is 47.7 Å². The maximum Gasteiger partial charge on any atom is 0.519 e. The molecule has 126 heavy (non-hydrogen) atoms. The van der Waals surface area contributed by atoms with Crippen molar-refractivity contribution in [2.45, 2.75) is 244 Å². The van der Waals surface area contributed by atoms with E-state index in [4.69, 9.17) is 74.0 Å². The van der Waals surface area contributed by atoms with Crippen molar-refractivity contribution in [2.24, 2.45) is 100 Å². The number of morpholine rings is 2. The molecule has 28 heteroatoms. The van der Waals surface area contributed by atoms with Crippen LogP contribution in [-0.4, -0.2) is 159 Å². The first-order valence-electron chi connectivity index (χ1n) is 45.8. The molecule has 16 rings (SSSR count). The lowest BCUT2D eigenvalue weighted by Gasteiger charge is -2.70. The number of carbonyl (C=O) groups is 8. The molecule has 0 radical (unpaired) electrons. The van der Waals surface area contributed by atoms with Crippen molar-refractivity contribution < 1.29 is 94.3 Å². The third-order valence-corrected chi connectivity index (χ3v) is 35.1. The van der Waals surface area contributed by atoms with Gasteiger partial charge in [-0.15, -0.1) is 23.2 Å². The smallest absolute Gasteiger partial charge is 0.481 e. The van der Waals surface area contributed by atoms with Gasteiger partial charge in [0.2, 0.25) is 0 Å². The van der Waals surface area contributed by atoms with Crippen LogP contribution in [0.3, 0.4) is 0 Å². The number of alkyl carbamates (subject to hydrolysis) is 2. The van der Waals surface area contributed by atoms with Gasteiger partial charge in [0.1, 0.15) is 23.0 Å². The minimum absolute atomic E-state index is 0.00841. The Bertz CT molecular complexity index is 4870. The number of carbonyl (C=O) groups excluding carboxylic acids is 7. The Balaban J connectivity index is 0.000000203. The Hall–Kier alpha value is -7.88. The summed E-state index contributed by atoms with van der Waals surface area (Å²) >= 11 is 9.53. The summed E-state index contributed by atoms with van der Waals surface area (Å²) in [5.41, 5.74) is -3.36. The standard InChI is InChI=1S/C55H70N2O11.C42H60N2O11.CH2Cl2/c1-35-41(66-49(62)65-35)34-64-47(60)55(7)42-18-21-54(6)45(52(42,4)20-19-43(55)67-48(61)56-26-27-57-28-30-63-31-29-57)40(58)32-38-39-33-51(3,23-22-50(39,2)24-25-53(38,54)5)46(59)68-44(36-14-10-8-11-15-36)37-16-12-9-13-17-37;1-25-29(54-36(50)53-25)24-52-34(48)42(7)30-8-11-41(6)32(39(30,4)10-9-31(42)55-35(49)43-16-17-44-18-20-51-21-19-44)28(45)22-26-27-23-38(3,33(46)47)13-12-37(27,2)14-15-40(26,41)5;2-1-3/h8-17,32,39,42-45H,18-31,33-34H2,1-7H3,(H,56,61);22,27,30-32H,8-21,23-24H2,1-7H3,(H,43,49)(H,46,47);1H2/t39-,42+,43-,45+,50+,51-,52-,53+,54+,55-;27-,30+,31-,32+,37+,38-,39-,40+,41+,42-;/m00./s1. The third-order valence-electron chi connectivity index (χ3n) is 35.1. The Labute approximate surface area is 749 Å². The Morgan fingerprint density at radius 2 is 0.857 bits per heavy atom. The van der Waals surface area contributed by atoms with Crippen LogP contribution in [0.25, 0.3) is 0 Å². The number of alkyl halides is 2. The molecule has 4 aromatic rings. The average molecular weight is 1790 g/mol. The lowest BCUT2D eigenvalue weighted by molar-refractivity contribution is -0.218. The van der Waals surface area contributed by atoms with Gasteiger partial charge in [-0.25, -0.2) is 19.2 Å². The zero-order chi connectivity index (χ0) is 90.8. The molecule has 2 saturated heterocycles. The first kappa shape index (κ1) is 94.2. The first-order valence-corrected chi connectivity index (χ1v) is 46.8. The van der Waals surface area contributed by atoms with Crippen LogP contribution in [0.2, 0.25) is 0 Å². The molecule has 0 spiro atoms. The number of halogens is 2. The summed E-state index contributed by atoms with van der Waals surface area (Å²) in [4.78, 5) is 142. The molecular formula is C98H132Cl2N4O22. The fourth-order valence-electron chi connectivity index (χ4n) is 27.0. The minimum Gasteiger partial charge on any atom is -0.481 e. The van der Waals surface area contributed by atoms with E-state index in [2.05, 4.69) is 82.7 Å². The van der Waals surface area contributed by atoms with Gasteiger partial charge in [0.25, 0.3) is 0 Å². The van der Waals surface area contributed by atoms with Crippen LogP contribution in [0.5, 0.6) is 0 Å². The molecule has 4 heterocycles. The molecule has 8 saturated carbocycles. The molecule has 10 fully saturated rings. The molecule has 10 aliphatic carbocycles. The second kappa shape index (κ2) is 36.1. The lowest BCUT2D eigenvalue weighted by atomic mass is 9.33.